The van der Waals surface area contributed by atoms with Gasteiger partial charge in [0.15, 0.2) is 0 Å². The van der Waals surface area contributed by atoms with Gasteiger partial charge in [-0.05, 0) is 43.2 Å². The highest BCUT2D eigenvalue weighted by molar-refractivity contribution is 5.56. The average Bonchev–Trinajstić information content (AvgIpc) is 2.46. The molecule has 2 aromatic rings. The molecule has 1 atom stereocenters. The number of para-hydroxylation sites is 1. The Morgan fingerprint density at radius 3 is 2.55 bits per heavy atom. The highest BCUT2D eigenvalue weighted by Gasteiger charge is 2.17. The smallest absolute Gasteiger partial charge is 0.146 e. The van der Waals surface area contributed by atoms with Crippen LogP contribution in [0.2, 0.25) is 0 Å². The van der Waals surface area contributed by atoms with Crippen LogP contribution in [0.25, 0.3) is 0 Å². The number of hydrogen-bond acceptors (Lipinski definition) is 3. The van der Waals surface area contributed by atoms with Crippen molar-refractivity contribution in [2.45, 2.75) is 26.4 Å². The lowest BCUT2D eigenvalue weighted by atomic mass is 10.0. The molecule has 1 heterocycles. The van der Waals surface area contributed by atoms with Crippen molar-refractivity contribution >= 4 is 5.69 Å². The molecule has 3 nitrogen and oxygen atoms in total. The minimum Gasteiger partial charge on any atom is -0.365 e. The van der Waals surface area contributed by atoms with Gasteiger partial charge in [0.05, 0.1) is 5.69 Å². The van der Waals surface area contributed by atoms with Crippen molar-refractivity contribution in [2.75, 3.05) is 11.4 Å². The molecule has 0 spiro atoms. The zero-order chi connectivity index (χ0) is 14.5. The Hall–Kier alpha value is -1.94. The van der Waals surface area contributed by atoms with Crippen LogP contribution in [0.15, 0.2) is 42.7 Å². The number of benzene rings is 1. The van der Waals surface area contributed by atoms with Crippen molar-refractivity contribution in [3.05, 3.63) is 59.7 Å². The van der Waals surface area contributed by atoms with Crippen LogP contribution in [0.1, 0.15) is 31.0 Å². The Balaban J connectivity index is 2.37. The first-order chi connectivity index (χ1) is 9.63. The maximum atomic E-state index is 14.2. The van der Waals surface area contributed by atoms with Crippen LogP contribution in [-0.2, 0) is 6.54 Å². The van der Waals surface area contributed by atoms with Gasteiger partial charge in [-0.25, -0.2) is 4.39 Å². The third-order valence-electron chi connectivity index (χ3n) is 3.33. The van der Waals surface area contributed by atoms with Crippen LogP contribution in [0, 0.1) is 5.82 Å². The van der Waals surface area contributed by atoms with E-state index < -0.39 is 0 Å². The molecule has 0 saturated heterocycles. The molecule has 0 amide bonds. The Labute approximate surface area is 119 Å². The summed E-state index contributed by atoms with van der Waals surface area (Å²) in [6.45, 7) is 5.24. The van der Waals surface area contributed by atoms with E-state index in [1.807, 2.05) is 36.9 Å². The SMILES string of the molecule is CCN(Cc1ccncc1)c1c(F)cccc1[C@@H](C)N. The van der Waals surface area contributed by atoms with Gasteiger partial charge in [-0.1, -0.05) is 12.1 Å². The van der Waals surface area contributed by atoms with E-state index >= 15 is 0 Å². The zero-order valence-corrected chi connectivity index (χ0v) is 11.9. The van der Waals surface area contributed by atoms with E-state index in [0.717, 1.165) is 11.1 Å². The van der Waals surface area contributed by atoms with Gasteiger partial charge in [-0.3, -0.25) is 4.98 Å². The molecule has 0 aliphatic heterocycles. The maximum absolute atomic E-state index is 14.2. The molecule has 0 saturated carbocycles. The van der Waals surface area contributed by atoms with E-state index in [9.17, 15) is 4.39 Å². The lowest BCUT2D eigenvalue weighted by Crippen LogP contribution is -2.25. The Morgan fingerprint density at radius 2 is 1.95 bits per heavy atom. The normalized spacial score (nSPS) is 12.2. The summed E-state index contributed by atoms with van der Waals surface area (Å²) in [5.74, 6) is -0.226. The molecular weight excluding hydrogens is 253 g/mol. The number of aromatic nitrogens is 1. The molecule has 0 fully saturated rings. The molecular formula is C16H20FN3. The molecule has 0 bridgehead atoms. The molecule has 1 aromatic heterocycles. The summed E-state index contributed by atoms with van der Waals surface area (Å²) in [4.78, 5) is 6.01. The molecule has 106 valence electrons. The molecule has 20 heavy (non-hydrogen) atoms. The summed E-state index contributed by atoms with van der Waals surface area (Å²) >= 11 is 0. The summed E-state index contributed by atoms with van der Waals surface area (Å²) in [6.07, 6.45) is 3.49. The minimum atomic E-state index is -0.226. The van der Waals surface area contributed by atoms with Gasteiger partial charge in [0.25, 0.3) is 0 Å². The molecule has 2 rings (SSSR count). The van der Waals surface area contributed by atoms with Crippen LogP contribution in [0.4, 0.5) is 10.1 Å². The quantitative estimate of drug-likeness (QED) is 0.909. The highest BCUT2D eigenvalue weighted by atomic mass is 19.1. The first kappa shape index (κ1) is 14.5. The number of halogens is 1. The van der Waals surface area contributed by atoms with Crippen LogP contribution in [0.5, 0.6) is 0 Å². The predicted molar refractivity (Wildman–Crippen MR) is 80.0 cm³/mol. The summed E-state index contributed by atoms with van der Waals surface area (Å²) in [5.41, 5.74) is 8.50. The van der Waals surface area contributed by atoms with Gasteiger partial charge in [0.1, 0.15) is 5.82 Å². The number of anilines is 1. The number of pyridine rings is 1. The van der Waals surface area contributed by atoms with E-state index in [4.69, 9.17) is 5.73 Å². The molecule has 1 aromatic carbocycles. The van der Waals surface area contributed by atoms with Crippen molar-refractivity contribution in [3.63, 3.8) is 0 Å². The Kier molecular flexibility index (Phi) is 4.69. The summed E-state index contributed by atoms with van der Waals surface area (Å²) in [5, 5.41) is 0. The van der Waals surface area contributed by atoms with Crippen LogP contribution in [-0.4, -0.2) is 11.5 Å². The van der Waals surface area contributed by atoms with Gasteiger partial charge < -0.3 is 10.6 Å². The number of nitrogens with two attached hydrogens (primary N) is 1. The first-order valence-corrected chi connectivity index (χ1v) is 6.81. The molecule has 0 unspecified atom stereocenters. The third kappa shape index (κ3) is 3.14. The van der Waals surface area contributed by atoms with Crippen molar-refractivity contribution in [2.24, 2.45) is 5.73 Å². The summed E-state index contributed by atoms with van der Waals surface area (Å²) in [7, 11) is 0. The number of hydrogen-bond donors (Lipinski definition) is 1. The van der Waals surface area contributed by atoms with Gasteiger partial charge in [0, 0.05) is 31.5 Å². The fraction of sp³-hybridized carbons (Fsp3) is 0.312. The standard InChI is InChI=1S/C16H20FN3/c1-3-20(11-13-7-9-19-10-8-13)16-14(12(2)18)5-4-6-15(16)17/h4-10,12H,3,11,18H2,1-2H3/t12-/m1/s1. The minimum absolute atomic E-state index is 0.202. The fourth-order valence-corrected chi connectivity index (χ4v) is 2.29. The fourth-order valence-electron chi connectivity index (χ4n) is 2.29. The van der Waals surface area contributed by atoms with Crippen LogP contribution < -0.4 is 10.6 Å². The van der Waals surface area contributed by atoms with E-state index in [1.54, 1.807) is 18.5 Å². The predicted octanol–water partition coefficient (Wildman–Crippen LogP) is 3.27. The van der Waals surface area contributed by atoms with E-state index in [0.29, 0.717) is 18.8 Å². The zero-order valence-electron chi connectivity index (χ0n) is 11.9. The van der Waals surface area contributed by atoms with Crippen molar-refractivity contribution in [1.29, 1.82) is 0 Å². The second-order valence-corrected chi connectivity index (χ2v) is 4.84. The molecule has 0 radical (unpaired) electrons. The van der Waals surface area contributed by atoms with Gasteiger partial charge in [0.2, 0.25) is 0 Å². The maximum Gasteiger partial charge on any atom is 0.146 e. The second-order valence-electron chi connectivity index (χ2n) is 4.84. The van der Waals surface area contributed by atoms with Gasteiger partial charge in [-0.2, -0.15) is 0 Å². The third-order valence-corrected chi connectivity index (χ3v) is 3.33. The van der Waals surface area contributed by atoms with Gasteiger partial charge >= 0.3 is 0 Å². The van der Waals surface area contributed by atoms with Crippen molar-refractivity contribution < 1.29 is 4.39 Å². The summed E-state index contributed by atoms with van der Waals surface area (Å²) < 4.78 is 14.2. The van der Waals surface area contributed by atoms with E-state index in [-0.39, 0.29) is 11.9 Å². The van der Waals surface area contributed by atoms with Crippen LogP contribution >= 0.6 is 0 Å². The topological polar surface area (TPSA) is 42.2 Å². The Bertz CT molecular complexity index is 555. The van der Waals surface area contributed by atoms with Crippen molar-refractivity contribution in [3.8, 4) is 0 Å². The monoisotopic (exact) mass is 273 g/mol. The largest absolute Gasteiger partial charge is 0.365 e. The van der Waals surface area contributed by atoms with E-state index in [1.165, 1.54) is 6.07 Å². The number of nitrogens with zero attached hydrogens (tertiary/aromatic N) is 2. The van der Waals surface area contributed by atoms with E-state index in [2.05, 4.69) is 4.98 Å². The first-order valence-electron chi connectivity index (χ1n) is 6.81. The van der Waals surface area contributed by atoms with Crippen LogP contribution in [0.3, 0.4) is 0 Å². The average molecular weight is 273 g/mol. The highest BCUT2D eigenvalue weighted by Crippen LogP contribution is 2.29. The Morgan fingerprint density at radius 1 is 1.25 bits per heavy atom. The molecule has 4 heteroatoms. The number of rotatable bonds is 5. The lowest BCUT2D eigenvalue weighted by molar-refractivity contribution is 0.611. The lowest BCUT2D eigenvalue weighted by Gasteiger charge is -2.27. The summed E-state index contributed by atoms with van der Waals surface area (Å²) in [6, 6.07) is 8.75. The van der Waals surface area contributed by atoms with Crippen molar-refractivity contribution in [1.82, 2.24) is 4.98 Å². The molecule has 0 aliphatic rings. The molecule has 0 aliphatic carbocycles. The second kappa shape index (κ2) is 6.48. The van der Waals surface area contributed by atoms with Gasteiger partial charge in [-0.15, -0.1) is 0 Å². The molecule has 2 N–H and O–H groups in total.